The predicted octanol–water partition coefficient (Wildman–Crippen LogP) is 3.34. The summed E-state index contributed by atoms with van der Waals surface area (Å²) in [6, 6.07) is 15.3. The van der Waals surface area contributed by atoms with Gasteiger partial charge < -0.3 is 5.32 Å². The molecule has 1 heteroatoms. The van der Waals surface area contributed by atoms with E-state index in [1.807, 2.05) is 0 Å². The second-order valence-electron chi connectivity index (χ2n) is 4.37. The largest absolute Gasteiger partial charge is 0.309 e. The Morgan fingerprint density at radius 2 is 1.94 bits per heavy atom. The third-order valence-corrected chi connectivity index (χ3v) is 2.89. The first-order valence-electron chi connectivity index (χ1n) is 5.94. The summed E-state index contributed by atoms with van der Waals surface area (Å²) in [6.07, 6.45) is 6.05. The van der Waals surface area contributed by atoms with Crippen LogP contribution >= 0.6 is 0 Å². The van der Waals surface area contributed by atoms with Crippen molar-refractivity contribution >= 4 is 10.8 Å². The minimum atomic E-state index is 0.367. The van der Waals surface area contributed by atoms with Crippen molar-refractivity contribution in [3.63, 3.8) is 0 Å². The maximum absolute atomic E-state index is 5.28. The normalized spacial score (nSPS) is 12.2. The highest BCUT2D eigenvalue weighted by atomic mass is 14.9. The minimum Gasteiger partial charge on any atom is -0.309 e. The zero-order chi connectivity index (χ0) is 12.1. The Morgan fingerprint density at radius 3 is 2.71 bits per heavy atom. The third-order valence-electron chi connectivity index (χ3n) is 2.89. The molecule has 2 aromatic carbocycles. The van der Waals surface area contributed by atoms with Crippen molar-refractivity contribution in [1.29, 1.82) is 0 Å². The number of fused-ring (bicyclic) bond motifs is 1. The van der Waals surface area contributed by atoms with Crippen LogP contribution < -0.4 is 5.32 Å². The molecule has 0 aromatic heterocycles. The molecule has 1 unspecified atom stereocenters. The second kappa shape index (κ2) is 5.52. The Labute approximate surface area is 103 Å². The van der Waals surface area contributed by atoms with Crippen LogP contribution in [0.5, 0.6) is 0 Å². The summed E-state index contributed by atoms with van der Waals surface area (Å²) >= 11 is 0. The number of hydrogen-bond donors (Lipinski definition) is 1. The molecule has 0 fully saturated rings. The predicted molar refractivity (Wildman–Crippen MR) is 73.7 cm³/mol. The summed E-state index contributed by atoms with van der Waals surface area (Å²) in [5.41, 5.74) is 1.30. The quantitative estimate of drug-likeness (QED) is 0.784. The first-order chi connectivity index (χ1) is 8.29. The molecular weight excluding hydrogens is 206 g/mol. The monoisotopic (exact) mass is 223 g/mol. The molecule has 0 heterocycles. The molecule has 17 heavy (non-hydrogen) atoms. The van der Waals surface area contributed by atoms with Crippen LogP contribution in [0.25, 0.3) is 10.8 Å². The summed E-state index contributed by atoms with van der Waals surface area (Å²) in [5.74, 6) is 2.67. The lowest BCUT2D eigenvalue weighted by Crippen LogP contribution is -2.24. The van der Waals surface area contributed by atoms with Crippen LogP contribution in [-0.4, -0.2) is 6.04 Å². The highest BCUT2D eigenvalue weighted by Gasteiger charge is 2.00. The maximum Gasteiger partial charge on any atom is 0.0238 e. The van der Waals surface area contributed by atoms with Crippen molar-refractivity contribution in [2.75, 3.05) is 0 Å². The van der Waals surface area contributed by atoms with E-state index in [4.69, 9.17) is 6.42 Å². The van der Waals surface area contributed by atoms with Gasteiger partial charge in [-0.25, -0.2) is 0 Å². The zero-order valence-electron chi connectivity index (χ0n) is 10.1. The van der Waals surface area contributed by atoms with E-state index in [1.165, 1.54) is 16.3 Å². The first-order valence-corrected chi connectivity index (χ1v) is 5.94. The average Bonchev–Trinajstić information content (AvgIpc) is 2.36. The fourth-order valence-corrected chi connectivity index (χ4v) is 1.89. The van der Waals surface area contributed by atoms with E-state index < -0.39 is 0 Å². The van der Waals surface area contributed by atoms with Gasteiger partial charge in [-0.2, -0.15) is 0 Å². The van der Waals surface area contributed by atoms with Crippen LogP contribution in [-0.2, 0) is 6.54 Å². The number of hydrogen-bond acceptors (Lipinski definition) is 1. The van der Waals surface area contributed by atoms with E-state index >= 15 is 0 Å². The standard InChI is InChI=1S/C16H17N/c1-3-6-13(2)17-12-14-9-10-15-7-4-5-8-16(15)11-14/h1,4-5,7-11,13,17H,6,12H2,2H3. The number of nitrogens with one attached hydrogen (secondary N) is 1. The van der Waals surface area contributed by atoms with Gasteiger partial charge in [0.1, 0.15) is 0 Å². The van der Waals surface area contributed by atoms with Gasteiger partial charge in [-0.05, 0) is 29.3 Å². The van der Waals surface area contributed by atoms with E-state index in [9.17, 15) is 0 Å². The van der Waals surface area contributed by atoms with Crippen molar-refractivity contribution in [3.05, 3.63) is 48.0 Å². The first kappa shape index (κ1) is 11.7. The molecule has 2 rings (SSSR count). The van der Waals surface area contributed by atoms with Crippen molar-refractivity contribution in [2.45, 2.75) is 25.9 Å². The molecule has 0 aliphatic heterocycles. The van der Waals surface area contributed by atoms with E-state index in [0.717, 1.165) is 13.0 Å². The van der Waals surface area contributed by atoms with Gasteiger partial charge in [0.05, 0.1) is 0 Å². The van der Waals surface area contributed by atoms with E-state index in [-0.39, 0.29) is 0 Å². The Balaban J connectivity index is 2.07. The van der Waals surface area contributed by atoms with Crippen molar-refractivity contribution in [1.82, 2.24) is 5.32 Å². The van der Waals surface area contributed by atoms with E-state index in [1.54, 1.807) is 0 Å². The average molecular weight is 223 g/mol. The van der Waals surface area contributed by atoms with Crippen LogP contribution in [0.1, 0.15) is 18.9 Å². The summed E-state index contributed by atoms with van der Waals surface area (Å²) in [5, 5.41) is 6.00. The molecular formula is C16H17N. The van der Waals surface area contributed by atoms with Gasteiger partial charge in [0.15, 0.2) is 0 Å². The second-order valence-corrected chi connectivity index (χ2v) is 4.37. The van der Waals surface area contributed by atoms with Gasteiger partial charge in [-0.15, -0.1) is 12.3 Å². The molecule has 0 saturated heterocycles. The lowest BCUT2D eigenvalue weighted by atomic mass is 10.1. The molecule has 0 bridgehead atoms. The van der Waals surface area contributed by atoms with Crippen LogP contribution in [0.15, 0.2) is 42.5 Å². The summed E-state index contributed by atoms with van der Waals surface area (Å²) < 4.78 is 0. The number of terminal acetylenes is 1. The highest BCUT2D eigenvalue weighted by Crippen LogP contribution is 2.15. The van der Waals surface area contributed by atoms with Gasteiger partial charge >= 0.3 is 0 Å². The molecule has 1 nitrogen and oxygen atoms in total. The maximum atomic E-state index is 5.28. The van der Waals surface area contributed by atoms with Crippen molar-refractivity contribution in [3.8, 4) is 12.3 Å². The minimum absolute atomic E-state index is 0.367. The third kappa shape index (κ3) is 3.09. The summed E-state index contributed by atoms with van der Waals surface area (Å²) in [4.78, 5) is 0. The lowest BCUT2D eigenvalue weighted by Gasteiger charge is -2.11. The van der Waals surface area contributed by atoms with E-state index in [2.05, 4.69) is 60.6 Å². The SMILES string of the molecule is C#CCC(C)NCc1ccc2ccccc2c1. The zero-order valence-corrected chi connectivity index (χ0v) is 10.1. The Hall–Kier alpha value is -1.78. The lowest BCUT2D eigenvalue weighted by molar-refractivity contribution is 0.560. The fraction of sp³-hybridized carbons (Fsp3) is 0.250. The molecule has 0 amide bonds. The van der Waals surface area contributed by atoms with E-state index in [0.29, 0.717) is 6.04 Å². The van der Waals surface area contributed by atoms with Gasteiger partial charge in [0, 0.05) is 19.0 Å². The van der Waals surface area contributed by atoms with Crippen LogP contribution in [0.2, 0.25) is 0 Å². The van der Waals surface area contributed by atoms with Gasteiger partial charge in [0.25, 0.3) is 0 Å². The number of benzene rings is 2. The molecule has 1 atom stereocenters. The molecule has 86 valence electrons. The van der Waals surface area contributed by atoms with Gasteiger partial charge in [-0.3, -0.25) is 0 Å². The molecule has 0 aliphatic rings. The van der Waals surface area contributed by atoms with Crippen molar-refractivity contribution in [2.24, 2.45) is 0 Å². The topological polar surface area (TPSA) is 12.0 Å². The van der Waals surface area contributed by atoms with Crippen molar-refractivity contribution < 1.29 is 0 Å². The number of rotatable bonds is 4. The Morgan fingerprint density at radius 1 is 1.18 bits per heavy atom. The molecule has 0 saturated carbocycles. The fourth-order valence-electron chi connectivity index (χ4n) is 1.89. The van der Waals surface area contributed by atoms with Crippen LogP contribution in [0, 0.1) is 12.3 Å². The molecule has 0 spiro atoms. The molecule has 0 radical (unpaired) electrons. The summed E-state index contributed by atoms with van der Waals surface area (Å²) in [7, 11) is 0. The van der Waals surface area contributed by atoms with Gasteiger partial charge in [0.2, 0.25) is 0 Å². The Bertz CT molecular complexity index is 536. The highest BCUT2D eigenvalue weighted by molar-refractivity contribution is 5.82. The smallest absolute Gasteiger partial charge is 0.0238 e. The summed E-state index contributed by atoms with van der Waals surface area (Å²) in [6.45, 7) is 2.98. The van der Waals surface area contributed by atoms with Crippen LogP contribution in [0.3, 0.4) is 0 Å². The molecule has 1 N–H and O–H groups in total. The van der Waals surface area contributed by atoms with Gasteiger partial charge in [-0.1, -0.05) is 36.4 Å². The molecule has 0 aliphatic carbocycles. The Kier molecular flexibility index (Phi) is 3.80. The van der Waals surface area contributed by atoms with Crippen LogP contribution in [0.4, 0.5) is 0 Å². The molecule has 2 aromatic rings.